The minimum atomic E-state index is -0.557. The Morgan fingerprint density at radius 2 is 0.387 bits per heavy atom. The standard InChI is InChI=1S/C98H60N6O2/c1-3-22-65(23-4-1)91-99-93(103-95(101-91)69-56-48-63(49-57-69)73-32-20-40-85-89(73)105-87-42-17-15-38-83(87)97(85)79-34-11-7-28-75(79)76-29-8-12-35-80(76)97)67-52-44-61(45-53-67)71-26-19-27-72(60-71)62-46-54-68(55-47-62)94-100-92(66-24-5-2-6-25-66)102-96(104-94)70-58-50-64(51-59-70)74-33-21-41-86-90(74)106-88-43-18-16-39-84(88)98(86)81-36-13-9-30-77(81)78-31-10-14-37-82(78)98/h1-60H. The van der Waals surface area contributed by atoms with E-state index in [4.69, 9.17) is 39.4 Å². The van der Waals surface area contributed by atoms with Gasteiger partial charge in [-0.15, -0.1) is 0 Å². The van der Waals surface area contributed by atoms with E-state index in [1.54, 1.807) is 0 Å². The van der Waals surface area contributed by atoms with E-state index in [2.05, 4.69) is 303 Å². The molecule has 2 aromatic heterocycles. The second-order valence-electron chi connectivity index (χ2n) is 27.5. The van der Waals surface area contributed by atoms with Gasteiger partial charge in [-0.2, -0.15) is 0 Å². The summed E-state index contributed by atoms with van der Waals surface area (Å²) in [5.74, 6) is 6.93. The van der Waals surface area contributed by atoms with Crippen molar-refractivity contribution in [2.75, 3.05) is 0 Å². The van der Waals surface area contributed by atoms with Crippen LogP contribution < -0.4 is 9.47 Å². The third kappa shape index (κ3) is 9.48. The summed E-state index contributed by atoms with van der Waals surface area (Å²) in [5.41, 5.74) is 27.1. The Hall–Kier alpha value is -14.1. The van der Waals surface area contributed by atoms with Crippen LogP contribution in [0.25, 0.3) is 135 Å². The van der Waals surface area contributed by atoms with Crippen LogP contribution in [0.15, 0.2) is 364 Å². The second kappa shape index (κ2) is 24.3. The lowest BCUT2D eigenvalue weighted by Gasteiger charge is -2.40. The first-order chi connectivity index (χ1) is 52.5. The van der Waals surface area contributed by atoms with Crippen LogP contribution in [0.1, 0.15) is 44.5 Å². The summed E-state index contributed by atoms with van der Waals surface area (Å²) in [4.78, 5) is 30.9. The van der Waals surface area contributed by atoms with E-state index >= 15 is 0 Å². The molecule has 0 fully saturated rings. The fraction of sp³-hybridized carbons (Fsp3) is 0.0204. The Kier molecular flexibility index (Phi) is 13.9. The topological polar surface area (TPSA) is 95.8 Å². The largest absolute Gasteiger partial charge is 0.456 e. The van der Waals surface area contributed by atoms with Crippen molar-refractivity contribution in [1.29, 1.82) is 0 Å². The van der Waals surface area contributed by atoms with Crippen LogP contribution in [0.2, 0.25) is 0 Å². The maximum absolute atomic E-state index is 7.03. The van der Waals surface area contributed by atoms with Gasteiger partial charge in [0.15, 0.2) is 34.9 Å². The van der Waals surface area contributed by atoms with Crippen molar-refractivity contribution in [3.8, 4) is 158 Å². The lowest BCUT2D eigenvalue weighted by atomic mass is 9.65. The van der Waals surface area contributed by atoms with Crippen LogP contribution in [0, 0.1) is 0 Å². The van der Waals surface area contributed by atoms with Crippen LogP contribution in [-0.4, -0.2) is 29.9 Å². The number of para-hydroxylation sites is 4. The smallest absolute Gasteiger partial charge is 0.164 e. The SMILES string of the molecule is c1ccc(-c2nc(-c3ccc(-c4cccc(-c5ccc(-c6nc(-c7ccccc7)nc(-c7ccc(-c8cccc9c8Oc8ccccc8C98c9ccccc9-c9ccccc98)cc7)n6)cc5)c4)cc3)nc(-c3ccc(-c4cccc5c4Oc4ccccc4C54c5ccccc5-c5ccccc54)cc3)n2)cc1. The van der Waals surface area contributed by atoms with E-state index in [9.17, 15) is 0 Å². The van der Waals surface area contributed by atoms with Crippen LogP contribution >= 0.6 is 0 Å². The molecule has 2 aliphatic carbocycles. The summed E-state index contributed by atoms with van der Waals surface area (Å²) in [5, 5.41) is 0. The number of hydrogen-bond acceptors (Lipinski definition) is 8. The average molecular weight is 1350 g/mol. The molecule has 106 heavy (non-hydrogen) atoms. The van der Waals surface area contributed by atoms with Gasteiger partial charge in [0.1, 0.15) is 23.0 Å². The van der Waals surface area contributed by atoms with E-state index in [0.717, 1.165) is 123 Å². The normalized spacial score (nSPS) is 13.2. The number of fused-ring (bicyclic) bond motifs is 18. The Balaban J connectivity index is 0.567. The maximum atomic E-state index is 7.03. The molecule has 4 aliphatic rings. The molecule has 0 bridgehead atoms. The number of rotatable bonds is 10. The molecule has 8 heteroatoms. The average Bonchev–Trinajstić information content (AvgIpc) is 1.49. The van der Waals surface area contributed by atoms with Gasteiger partial charge in [-0.1, -0.05) is 346 Å². The molecule has 0 N–H and O–H groups in total. The molecule has 0 amide bonds. The summed E-state index contributed by atoms with van der Waals surface area (Å²) in [6.07, 6.45) is 0. The van der Waals surface area contributed by atoms with Gasteiger partial charge in [0.05, 0.1) is 10.8 Å². The molecule has 2 aliphatic heterocycles. The lowest BCUT2D eigenvalue weighted by Crippen LogP contribution is -2.32. The van der Waals surface area contributed by atoms with Crippen molar-refractivity contribution in [2.24, 2.45) is 0 Å². The van der Waals surface area contributed by atoms with Gasteiger partial charge in [0.2, 0.25) is 0 Å². The van der Waals surface area contributed by atoms with E-state index in [-0.39, 0.29) is 0 Å². The third-order valence-corrected chi connectivity index (χ3v) is 21.8. The maximum Gasteiger partial charge on any atom is 0.164 e. The van der Waals surface area contributed by atoms with Crippen LogP contribution in [0.3, 0.4) is 0 Å². The highest BCUT2D eigenvalue weighted by molar-refractivity contribution is 5.93. The molecular weight excluding hydrogens is 1290 g/mol. The first kappa shape index (κ1) is 60.7. The van der Waals surface area contributed by atoms with Gasteiger partial charge in [-0.3, -0.25) is 0 Å². The zero-order valence-electron chi connectivity index (χ0n) is 57.1. The van der Waals surface area contributed by atoms with Crippen molar-refractivity contribution >= 4 is 0 Å². The van der Waals surface area contributed by atoms with Crippen molar-refractivity contribution in [1.82, 2.24) is 29.9 Å². The van der Waals surface area contributed by atoms with Crippen molar-refractivity contribution < 1.29 is 9.47 Å². The van der Waals surface area contributed by atoms with Gasteiger partial charge in [-0.25, -0.2) is 29.9 Å². The molecule has 21 rings (SSSR count). The summed E-state index contributed by atoms with van der Waals surface area (Å²) in [7, 11) is 0. The monoisotopic (exact) mass is 1350 g/mol. The van der Waals surface area contributed by atoms with Crippen molar-refractivity contribution in [3.63, 3.8) is 0 Å². The van der Waals surface area contributed by atoms with Crippen molar-refractivity contribution in [2.45, 2.75) is 10.8 Å². The molecule has 0 saturated heterocycles. The molecule has 0 atom stereocenters. The highest BCUT2D eigenvalue weighted by atomic mass is 16.5. The highest BCUT2D eigenvalue weighted by Gasteiger charge is 2.53. The zero-order valence-corrected chi connectivity index (χ0v) is 57.1. The van der Waals surface area contributed by atoms with E-state index in [1.165, 1.54) is 44.5 Å². The molecule has 0 saturated carbocycles. The van der Waals surface area contributed by atoms with E-state index < -0.39 is 10.8 Å². The van der Waals surface area contributed by atoms with Crippen molar-refractivity contribution in [3.05, 3.63) is 408 Å². The first-order valence-electron chi connectivity index (χ1n) is 35.9. The quantitative estimate of drug-likeness (QED) is 0.134. The Labute approximate surface area is 613 Å². The lowest BCUT2D eigenvalue weighted by molar-refractivity contribution is 0.438. The van der Waals surface area contributed by atoms with E-state index in [0.29, 0.717) is 34.9 Å². The highest BCUT2D eigenvalue weighted by Crippen LogP contribution is 2.65. The number of aromatic nitrogens is 6. The molecular formula is C98H60N6O2. The predicted molar refractivity (Wildman–Crippen MR) is 422 cm³/mol. The van der Waals surface area contributed by atoms with Gasteiger partial charge in [-0.05, 0) is 96.1 Å². The van der Waals surface area contributed by atoms with Gasteiger partial charge >= 0.3 is 0 Å². The van der Waals surface area contributed by atoms with Crippen LogP contribution in [0.4, 0.5) is 0 Å². The summed E-state index contributed by atoms with van der Waals surface area (Å²) in [6.45, 7) is 0. The summed E-state index contributed by atoms with van der Waals surface area (Å²) in [6, 6.07) is 128. The Morgan fingerprint density at radius 1 is 0.160 bits per heavy atom. The Morgan fingerprint density at radius 3 is 0.717 bits per heavy atom. The molecule has 2 spiro atoms. The Bertz CT molecular complexity index is 5900. The molecule has 0 radical (unpaired) electrons. The van der Waals surface area contributed by atoms with E-state index in [1.807, 2.05) is 60.7 Å². The second-order valence-corrected chi connectivity index (χ2v) is 27.5. The zero-order chi connectivity index (χ0) is 69.9. The minimum Gasteiger partial charge on any atom is -0.456 e. The summed E-state index contributed by atoms with van der Waals surface area (Å²) < 4.78 is 14.1. The molecule has 0 unspecified atom stereocenters. The van der Waals surface area contributed by atoms with Gasteiger partial charge in [0, 0.05) is 66.8 Å². The van der Waals surface area contributed by atoms with Crippen LogP contribution in [-0.2, 0) is 10.8 Å². The number of benzene rings is 15. The van der Waals surface area contributed by atoms with Gasteiger partial charge in [0.25, 0.3) is 0 Å². The summed E-state index contributed by atoms with van der Waals surface area (Å²) >= 11 is 0. The molecule has 4 heterocycles. The minimum absolute atomic E-state index is 0.557. The first-order valence-corrected chi connectivity index (χ1v) is 35.9. The van der Waals surface area contributed by atoms with Crippen LogP contribution in [0.5, 0.6) is 23.0 Å². The molecule has 494 valence electrons. The van der Waals surface area contributed by atoms with Gasteiger partial charge < -0.3 is 9.47 Å². The molecule has 8 nitrogen and oxygen atoms in total. The fourth-order valence-electron chi connectivity index (χ4n) is 17.0. The number of hydrogen-bond donors (Lipinski definition) is 0. The third-order valence-electron chi connectivity index (χ3n) is 21.8. The molecule has 17 aromatic rings. The number of nitrogens with zero attached hydrogens (tertiary/aromatic N) is 6. The number of ether oxygens (including phenoxy) is 2. The molecule has 15 aromatic carbocycles. The predicted octanol–water partition coefficient (Wildman–Crippen LogP) is 23.7. The fourth-order valence-corrected chi connectivity index (χ4v) is 17.0.